The number of amidine groups is 1. The summed E-state index contributed by atoms with van der Waals surface area (Å²) in [6.45, 7) is 9.26. The monoisotopic (exact) mass is 366 g/mol. The van der Waals surface area contributed by atoms with Gasteiger partial charge in [0.1, 0.15) is 11.7 Å². The summed E-state index contributed by atoms with van der Waals surface area (Å²) in [4.78, 5) is 12.9. The van der Waals surface area contributed by atoms with Gasteiger partial charge in [-0.05, 0) is 25.6 Å². The Bertz CT molecular complexity index is 733. The molecule has 1 atom stereocenters. The quantitative estimate of drug-likeness (QED) is 0.652. The number of hydrogen-bond donors (Lipinski definition) is 0. The topological polar surface area (TPSA) is 22.1 Å². The third-order valence-electron chi connectivity index (χ3n) is 4.64. The zero-order valence-electron chi connectivity index (χ0n) is 13.5. The van der Waals surface area contributed by atoms with Crippen molar-refractivity contribution in [3.63, 3.8) is 0 Å². The first kappa shape index (κ1) is 15.7. The van der Waals surface area contributed by atoms with Crippen LogP contribution in [0.3, 0.4) is 0 Å². The molecule has 3 heterocycles. The Morgan fingerprint density at radius 3 is 2.91 bits per heavy atom. The number of halogens is 1. The highest BCUT2D eigenvalue weighted by Crippen LogP contribution is 2.51. The van der Waals surface area contributed by atoms with Gasteiger partial charge in [-0.1, -0.05) is 39.8 Å². The molecule has 1 aromatic carbocycles. The van der Waals surface area contributed by atoms with Crippen molar-refractivity contribution in [3.8, 4) is 0 Å². The van der Waals surface area contributed by atoms with Crippen LogP contribution in [0.2, 0.25) is 5.02 Å². The minimum Gasteiger partial charge on any atom is -0.341 e. The number of nitrogens with zero attached hydrogens (tertiary/aromatic N) is 4. The second-order valence-corrected chi connectivity index (χ2v) is 9.00. The molecule has 0 aliphatic carbocycles. The summed E-state index contributed by atoms with van der Waals surface area (Å²) < 4.78 is 0. The standard InChI is InChI=1S/C16H19ClN4S2/c1-9-7-11-13-15(14(9)17)23-22-12-8-19(3)5-6-21(12)16(13)18-10(2)20(11)4/h7,12H,2,5-6,8H2,1,3-4H3. The van der Waals surface area contributed by atoms with Gasteiger partial charge in [0.2, 0.25) is 0 Å². The van der Waals surface area contributed by atoms with Gasteiger partial charge in [-0.2, -0.15) is 0 Å². The molecule has 3 aliphatic rings. The van der Waals surface area contributed by atoms with Crippen molar-refractivity contribution in [2.24, 2.45) is 4.99 Å². The van der Waals surface area contributed by atoms with Gasteiger partial charge in [0, 0.05) is 26.7 Å². The smallest absolute Gasteiger partial charge is 0.142 e. The van der Waals surface area contributed by atoms with Crippen molar-refractivity contribution >= 4 is 44.7 Å². The minimum absolute atomic E-state index is 0.380. The largest absolute Gasteiger partial charge is 0.341 e. The highest BCUT2D eigenvalue weighted by Gasteiger charge is 2.38. The lowest BCUT2D eigenvalue weighted by Crippen LogP contribution is -2.53. The maximum atomic E-state index is 6.65. The van der Waals surface area contributed by atoms with E-state index in [2.05, 4.69) is 41.3 Å². The van der Waals surface area contributed by atoms with Gasteiger partial charge in [-0.25, -0.2) is 4.99 Å². The van der Waals surface area contributed by atoms with E-state index in [9.17, 15) is 0 Å². The van der Waals surface area contributed by atoms with E-state index in [0.717, 1.165) is 52.5 Å². The predicted molar refractivity (Wildman–Crippen MR) is 102 cm³/mol. The maximum Gasteiger partial charge on any atom is 0.142 e. The van der Waals surface area contributed by atoms with E-state index in [1.165, 1.54) is 5.56 Å². The Labute approximate surface area is 149 Å². The summed E-state index contributed by atoms with van der Waals surface area (Å²) in [5.41, 5.74) is 3.43. The number of anilines is 1. The van der Waals surface area contributed by atoms with E-state index in [1.54, 1.807) is 10.8 Å². The van der Waals surface area contributed by atoms with Crippen LogP contribution in [0.1, 0.15) is 11.1 Å². The average Bonchev–Trinajstić information content (AvgIpc) is 2.67. The number of piperazine rings is 1. The summed E-state index contributed by atoms with van der Waals surface area (Å²) >= 11 is 6.65. The molecule has 1 aromatic rings. The second-order valence-electron chi connectivity index (χ2n) is 6.23. The molecule has 1 saturated heterocycles. The van der Waals surface area contributed by atoms with Crippen molar-refractivity contribution in [2.45, 2.75) is 17.2 Å². The Morgan fingerprint density at radius 2 is 2.13 bits per heavy atom. The Balaban J connectivity index is 1.94. The molecule has 3 aliphatic heterocycles. The summed E-state index contributed by atoms with van der Waals surface area (Å²) in [5, 5.41) is 1.23. The average molecular weight is 367 g/mol. The molecule has 0 aromatic heterocycles. The molecule has 122 valence electrons. The van der Waals surface area contributed by atoms with Gasteiger partial charge in [-0.15, -0.1) is 0 Å². The van der Waals surface area contributed by atoms with Crippen LogP contribution in [0.15, 0.2) is 28.4 Å². The summed E-state index contributed by atoms with van der Waals surface area (Å²) in [6.07, 6.45) is 0. The zero-order valence-corrected chi connectivity index (χ0v) is 15.9. The fourth-order valence-electron chi connectivity index (χ4n) is 3.21. The molecule has 0 spiro atoms. The molecule has 23 heavy (non-hydrogen) atoms. The third-order valence-corrected chi connectivity index (χ3v) is 7.99. The normalized spacial score (nSPS) is 24.1. The van der Waals surface area contributed by atoms with E-state index < -0.39 is 0 Å². The van der Waals surface area contributed by atoms with Gasteiger partial charge in [0.15, 0.2) is 0 Å². The van der Waals surface area contributed by atoms with Crippen molar-refractivity contribution in [3.05, 3.63) is 34.6 Å². The van der Waals surface area contributed by atoms with Crippen LogP contribution < -0.4 is 4.90 Å². The molecule has 0 N–H and O–H groups in total. The fourth-order valence-corrected chi connectivity index (χ4v) is 6.58. The van der Waals surface area contributed by atoms with Gasteiger partial charge in [0.05, 0.1) is 26.5 Å². The van der Waals surface area contributed by atoms with Crippen molar-refractivity contribution in [2.75, 3.05) is 38.6 Å². The second kappa shape index (κ2) is 5.62. The van der Waals surface area contributed by atoms with Crippen molar-refractivity contribution in [1.82, 2.24) is 9.80 Å². The van der Waals surface area contributed by atoms with Crippen molar-refractivity contribution < 1.29 is 0 Å². The van der Waals surface area contributed by atoms with E-state index in [-0.39, 0.29) is 0 Å². The molecule has 0 radical (unpaired) electrons. The maximum absolute atomic E-state index is 6.65. The minimum atomic E-state index is 0.380. The van der Waals surface area contributed by atoms with Gasteiger partial charge < -0.3 is 14.7 Å². The molecule has 0 bridgehead atoms. The number of likely N-dealkylation sites (N-methyl/N-ethyl adjacent to an activating group) is 1. The zero-order chi connectivity index (χ0) is 16.3. The molecular weight excluding hydrogens is 348 g/mol. The van der Waals surface area contributed by atoms with Crippen LogP contribution in [0.25, 0.3) is 0 Å². The molecule has 0 saturated carbocycles. The number of rotatable bonds is 0. The van der Waals surface area contributed by atoms with E-state index in [4.69, 9.17) is 16.6 Å². The molecular formula is C16H19ClN4S2. The van der Waals surface area contributed by atoms with E-state index in [1.807, 2.05) is 17.8 Å². The highest BCUT2D eigenvalue weighted by molar-refractivity contribution is 8.77. The number of fused-ring (bicyclic) bond motifs is 2. The molecule has 4 rings (SSSR count). The van der Waals surface area contributed by atoms with Gasteiger partial charge in [0.25, 0.3) is 0 Å². The Morgan fingerprint density at radius 1 is 1.35 bits per heavy atom. The summed E-state index contributed by atoms with van der Waals surface area (Å²) in [7, 11) is 7.87. The first-order chi connectivity index (χ1) is 11.0. The first-order valence-electron chi connectivity index (χ1n) is 7.60. The number of aryl methyl sites for hydroxylation is 1. The molecule has 7 heteroatoms. The number of aliphatic imine (C=N–C) groups is 1. The van der Waals surface area contributed by atoms with Gasteiger partial charge in [-0.3, -0.25) is 0 Å². The van der Waals surface area contributed by atoms with E-state index >= 15 is 0 Å². The lowest BCUT2D eigenvalue weighted by atomic mass is 10.0. The van der Waals surface area contributed by atoms with Crippen LogP contribution in [-0.2, 0) is 0 Å². The van der Waals surface area contributed by atoms with E-state index in [0.29, 0.717) is 5.37 Å². The summed E-state index contributed by atoms with van der Waals surface area (Å²) in [5.74, 6) is 1.82. The van der Waals surface area contributed by atoms with Gasteiger partial charge >= 0.3 is 0 Å². The Kier molecular flexibility index (Phi) is 3.83. The van der Waals surface area contributed by atoms with Crippen LogP contribution >= 0.6 is 33.2 Å². The molecule has 1 unspecified atom stereocenters. The van der Waals surface area contributed by atoms with Crippen LogP contribution in [0.4, 0.5) is 5.69 Å². The molecule has 0 amide bonds. The van der Waals surface area contributed by atoms with Crippen LogP contribution in [0, 0.1) is 6.92 Å². The fraction of sp³-hybridized carbons (Fsp3) is 0.438. The summed E-state index contributed by atoms with van der Waals surface area (Å²) in [6, 6.07) is 2.16. The number of hydrogen-bond acceptors (Lipinski definition) is 6. The molecule has 1 fully saturated rings. The first-order valence-corrected chi connectivity index (χ1v) is 10.2. The Hall–Kier alpha value is -0.820. The number of benzene rings is 1. The van der Waals surface area contributed by atoms with Crippen molar-refractivity contribution in [1.29, 1.82) is 0 Å². The third kappa shape index (κ3) is 2.38. The van der Waals surface area contributed by atoms with Crippen LogP contribution in [-0.4, -0.2) is 54.7 Å². The molecule has 4 nitrogen and oxygen atoms in total. The SMILES string of the molecule is C=C1N=C2c3c(cc(C)c(Cl)c3SSC3CN(C)CCN23)N1C. The van der Waals surface area contributed by atoms with Crippen LogP contribution in [0.5, 0.6) is 0 Å². The predicted octanol–water partition coefficient (Wildman–Crippen LogP) is 3.64. The highest BCUT2D eigenvalue weighted by atomic mass is 35.5. The lowest BCUT2D eigenvalue weighted by molar-refractivity contribution is 0.199. The lowest BCUT2D eigenvalue weighted by Gasteiger charge is -2.41.